The van der Waals surface area contributed by atoms with Crippen LogP contribution in [-0.4, -0.2) is 73.9 Å². The molecule has 0 saturated carbocycles. The van der Waals surface area contributed by atoms with Crippen molar-refractivity contribution < 1.29 is 43.2 Å². The molecule has 0 aromatic heterocycles. The second-order valence-corrected chi connectivity index (χ2v) is 7.96. The fourth-order valence-corrected chi connectivity index (χ4v) is 1.61. The summed E-state index contributed by atoms with van der Waals surface area (Å²) in [5.74, 6) is -0.902. The van der Waals surface area contributed by atoms with E-state index in [1.54, 1.807) is 0 Å². The normalized spacial score (nSPS) is 11.2. The molecule has 0 amide bonds. The van der Waals surface area contributed by atoms with Crippen LogP contribution in [0.4, 0.5) is 0 Å². The summed E-state index contributed by atoms with van der Waals surface area (Å²) in [6.07, 6.45) is 0.439. The van der Waals surface area contributed by atoms with Gasteiger partial charge in [0.2, 0.25) is 0 Å². The monoisotopic (exact) mass is 422 g/mol. The van der Waals surface area contributed by atoms with Crippen LogP contribution >= 0.6 is 0 Å². The Hall–Kier alpha value is -1.71. The molecule has 9 heteroatoms. The first-order valence-electron chi connectivity index (χ1n) is 9.60. The minimum Gasteiger partial charge on any atom is -0.463 e. The summed E-state index contributed by atoms with van der Waals surface area (Å²) in [5.41, 5.74) is -0.900. The molecule has 29 heavy (non-hydrogen) atoms. The number of hydrogen-bond acceptors (Lipinski definition) is 9. The molecule has 0 radical (unpaired) electrons. The van der Waals surface area contributed by atoms with Crippen LogP contribution < -0.4 is 0 Å². The summed E-state index contributed by atoms with van der Waals surface area (Å²) >= 11 is 0. The molecule has 0 aliphatic carbocycles. The van der Waals surface area contributed by atoms with Gasteiger partial charge in [-0.2, -0.15) is 0 Å². The molecule has 0 saturated heterocycles. The molecule has 0 aliphatic rings. The summed E-state index contributed by atoms with van der Waals surface area (Å²) in [6.45, 7) is 13.6. The molecule has 1 N–H and O–H groups in total. The zero-order chi connectivity index (χ0) is 22.9. The number of aliphatic hydroxyl groups excluding tert-OH is 1. The summed E-state index contributed by atoms with van der Waals surface area (Å²) in [4.78, 5) is 32.7. The van der Waals surface area contributed by atoms with Crippen LogP contribution in [-0.2, 0) is 38.1 Å². The Morgan fingerprint density at radius 2 is 1.10 bits per heavy atom. The van der Waals surface area contributed by atoms with Gasteiger partial charge in [0.25, 0.3) is 0 Å². The number of aliphatic hydroxyl groups is 1. The Bertz CT molecular complexity index is 462. The number of rotatable bonds is 11. The van der Waals surface area contributed by atoms with E-state index in [1.807, 2.05) is 41.5 Å². The van der Waals surface area contributed by atoms with Crippen molar-refractivity contribution in [3.8, 4) is 0 Å². The van der Waals surface area contributed by atoms with E-state index in [-0.39, 0.29) is 57.2 Å². The van der Waals surface area contributed by atoms with E-state index in [0.717, 1.165) is 0 Å². The first-order chi connectivity index (χ1) is 13.3. The van der Waals surface area contributed by atoms with Gasteiger partial charge in [-0.25, -0.2) is 0 Å². The third-order valence-electron chi connectivity index (χ3n) is 2.51. The van der Waals surface area contributed by atoms with Gasteiger partial charge in [-0.15, -0.1) is 0 Å². The van der Waals surface area contributed by atoms with Crippen LogP contribution in [0.15, 0.2) is 0 Å². The summed E-state index contributed by atoms with van der Waals surface area (Å²) in [6, 6.07) is 0. The van der Waals surface area contributed by atoms with E-state index in [1.165, 1.54) is 6.92 Å². The highest BCUT2D eigenvalue weighted by molar-refractivity contribution is 5.70. The van der Waals surface area contributed by atoms with Crippen LogP contribution in [0, 0.1) is 0 Å². The van der Waals surface area contributed by atoms with Crippen molar-refractivity contribution in [2.75, 3.05) is 39.6 Å². The average molecular weight is 423 g/mol. The number of carbonyl (C=O) groups is 3. The Kier molecular flexibility index (Phi) is 16.4. The maximum absolute atomic E-state index is 11.2. The quantitative estimate of drug-likeness (QED) is 0.303. The molecular formula is C20H38O9. The number of carbonyl (C=O) groups excluding carboxylic acids is 3. The number of esters is 3. The lowest BCUT2D eigenvalue weighted by Crippen LogP contribution is -2.24. The molecule has 0 unspecified atom stereocenters. The van der Waals surface area contributed by atoms with Gasteiger partial charge in [0.15, 0.2) is 0 Å². The topological polar surface area (TPSA) is 118 Å². The van der Waals surface area contributed by atoms with Crippen LogP contribution in [0.25, 0.3) is 0 Å². The lowest BCUT2D eigenvalue weighted by atomic mass is 10.2. The third kappa shape index (κ3) is 28.6. The van der Waals surface area contributed by atoms with E-state index in [2.05, 4.69) is 4.74 Å². The first kappa shape index (κ1) is 29.5. The highest BCUT2D eigenvalue weighted by Crippen LogP contribution is 2.08. The minimum absolute atomic E-state index is 0.0195. The van der Waals surface area contributed by atoms with Crippen LogP contribution in [0.1, 0.15) is 61.3 Å². The fraction of sp³-hybridized carbons (Fsp3) is 0.850. The Morgan fingerprint density at radius 1 is 0.690 bits per heavy atom. The summed E-state index contributed by atoms with van der Waals surface area (Å²) in [5, 5.41) is 8.38. The van der Waals surface area contributed by atoms with E-state index in [0.29, 0.717) is 13.2 Å². The summed E-state index contributed by atoms with van der Waals surface area (Å²) in [7, 11) is 0. The van der Waals surface area contributed by atoms with E-state index in [4.69, 9.17) is 24.1 Å². The highest BCUT2D eigenvalue weighted by atomic mass is 16.6. The zero-order valence-electron chi connectivity index (χ0n) is 18.9. The fourth-order valence-electron chi connectivity index (χ4n) is 1.61. The molecule has 0 aromatic carbocycles. The second-order valence-electron chi connectivity index (χ2n) is 7.96. The van der Waals surface area contributed by atoms with Crippen LogP contribution in [0.2, 0.25) is 0 Å². The van der Waals surface area contributed by atoms with Crippen molar-refractivity contribution in [2.45, 2.75) is 72.5 Å². The largest absolute Gasteiger partial charge is 0.463 e. The first-order valence-corrected chi connectivity index (χ1v) is 9.60. The molecule has 9 nitrogen and oxygen atoms in total. The lowest BCUT2D eigenvalue weighted by molar-refractivity contribution is -0.157. The number of ether oxygens (including phenoxy) is 5. The maximum Gasteiger partial charge on any atom is 0.308 e. The SMILES string of the molecule is CC(=O)OCCOCCC(=O)OC(C)(C)C.CC(C)(C)OC(=O)CCOCCO. The van der Waals surface area contributed by atoms with Gasteiger partial charge < -0.3 is 28.8 Å². The van der Waals surface area contributed by atoms with Crippen molar-refractivity contribution in [3.05, 3.63) is 0 Å². The standard InChI is InChI=1S/C11H20O5.C9H18O4/c1-9(12)15-8-7-14-6-5-10(13)16-11(2,3)4;1-9(2,3)13-8(11)4-6-12-7-5-10/h5-8H2,1-4H3;10H,4-7H2,1-3H3. The van der Waals surface area contributed by atoms with Gasteiger partial charge in [0, 0.05) is 6.92 Å². The smallest absolute Gasteiger partial charge is 0.308 e. The Morgan fingerprint density at radius 3 is 1.45 bits per heavy atom. The van der Waals surface area contributed by atoms with Gasteiger partial charge in [0.1, 0.15) is 17.8 Å². The van der Waals surface area contributed by atoms with Gasteiger partial charge >= 0.3 is 17.9 Å². The number of hydrogen-bond donors (Lipinski definition) is 1. The molecule has 0 fully saturated rings. The van der Waals surface area contributed by atoms with Crippen molar-refractivity contribution >= 4 is 17.9 Å². The molecular weight excluding hydrogens is 384 g/mol. The van der Waals surface area contributed by atoms with E-state index < -0.39 is 11.2 Å². The maximum atomic E-state index is 11.2. The third-order valence-corrected chi connectivity index (χ3v) is 2.51. The Balaban J connectivity index is 0. The molecule has 0 rings (SSSR count). The van der Waals surface area contributed by atoms with Crippen molar-refractivity contribution in [1.82, 2.24) is 0 Å². The van der Waals surface area contributed by atoms with Crippen LogP contribution in [0.3, 0.4) is 0 Å². The zero-order valence-corrected chi connectivity index (χ0v) is 18.9. The predicted octanol–water partition coefficient (Wildman–Crippen LogP) is 2.03. The Labute approximate surface area is 174 Å². The predicted molar refractivity (Wildman–Crippen MR) is 106 cm³/mol. The van der Waals surface area contributed by atoms with E-state index in [9.17, 15) is 14.4 Å². The van der Waals surface area contributed by atoms with Crippen molar-refractivity contribution in [1.29, 1.82) is 0 Å². The lowest BCUT2D eigenvalue weighted by Gasteiger charge is -2.19. The van der Waals surface area contributed by atoms with Gasteiger partial charge in [-0.1, -0.05) is 0 Å². The van der Waals surface area contributed by atoms with Crippen molar-refractivity contribution in [3.63, 3.8) is 0 Å². The molecule has 0 atom stereocenters. The molecule has 0 bridgehead atoms. The highest BCUT2D eigenvalue weighted by Gasteiger charge is 2.16. The summed E-state index contributed by atoms with van der Waals surface area (Å²) < 4.78 is 24.8. The minimum atomic E-state index is -0.463. The van der Waals surface area contributed by atoms with Gasteiger partial charge in [-0.3, -0.25) is 14.4 Å². The van der Waals surface area contributed by atoms with Gasteiger partial charge in [-0.05, 0) is 41.5 Å². The molecule has 0 spiro atoms. The van der Waals surface area contributed by atoms with E-state index >= 15 is 0 Å². The van der Waals surface area contributed by atoms with Gasteiger partial charge in [0.05, 0.1) is 45.9 Å². The van der Waals surface area contributed by atoms with Crippen LogP contribution in [0.5, 0.6) is 0 Å². The molecule has 0 aliphatic heterocycles. The average Bonchev–Trinajstić information content (AvgIpc) is 2.52. The molecule has 0 heterocycles. The second kappa shape index (κ2) is 16.1. The molecule has 172 valence electrons. The van der Waals surface area contributed by atoms with Crippen molar-refractivity contribution in [2.24, 2.45) is 0 Å². The molecule has 0 aromatic rings.